The van der Waals surface area contributed by atoms with Gasteiger partial charge in [-0.2, -0.15) is 0 Å². The van der Waals surface area contributed by atoms with Gasteiger partial charge >= 0.3 is 0 Å². The fraction of sp³-hybridized carbons (Fsp3) is 0.625. The molecule has 0 radical (unpaired) electrons. The maximum atomic E-state index is 10.5. The van der Waals surface area contributed by atoms with Crippen molar-refractivity contribution >= 4 is 0 Å². The zero-order valence-electron chi connectivity index (χ0n) is 12.6. The highest BCUT2D eigenvalue weighted by Gasteiger charge is 2.22. The van der Waals surface area contributed by atoms with Crippen molar-refractivity contribution in [3.63, 3.8) is 0 Å². The van der Waals surface area contributed by atoms with Crippen molar-refractivity contribution in [3.8, 4) is 5.75 Å². The van der Waals surface area contributed by atoms with E-state index < -0.39 is 5.60 Å². The third kappa shape index (κ3) is 5.62. The molecule has 1 rings (SSSR count). The van der Waals surface area contributed by atoms with E-state index in [1.807, 2.05) is 38.1 Å². The van der Waals surface area contributed by atoms with Crippen LogP contribution in [0.2, 0.25) is 0 Å². The third-order valence-corrected chi connectivity index (χ3v) is 3.13. The van der Waals surface area contributed by atoms with E-state index in [9.17, 15) is 5.11 Å². The van der Waals surface area contributed by atoms with Crippen LogP contribution in [-0.4, -0.2) is 24.8 Å². The molecule has 0 amide bonds. The van der Waals surface area contributed by atoms with Crippen LogP contribution in [0.4, 0.5) is 0 Å². The minimum absolute atomic E-state index is 0.635. The lowest BCUT2D eigenvalue weighted by atomic mass is 9.92. The van der Waals surface area contributed by atoms with E-state index >= 15 is 0 Å². The molecule has 0 saturated heterocycles. The van der Waals surface area contributed by atoms with Gasteiger partial charge in [0.15, 0.2) is 0 Å². The number of hydrogen-bond donors (Lipinski definition) is 2. The minimum atomic E-state index is -0.797. The van der Waals surface area contributed by atoms with Crippen LogP contribution in [0.5, 0.6) is 5.75 Å². The highest BCUT2D eigenvalue weighted by Crippen LogP contribution is 2.25. The van der Waals surface area contributed by atoms with E-state index in [4.69, 9.17) is 4.74 Å². The lowest BCUT2D eigenvalue weighted by Crippen LogP contribution is -2.29. The summed E-state index contributed by atoms with van der Waals surface area (Å²) >= 11 is 0. The van der Waals surface area contributed by atoms with Gasteiger partial charge in [-0.25, -0.2) is 0 Å². The monoisotopic (exact) mass is 265 g/mol. The topological polar surface area (TPSA) is 41.5 Å². The molecule has 0 spiro atoms. The van der Waals surface area contributed by atoms with Gasteiger partial charge in [-0.05, 0) is 57.0 Å². The second-order valence-electron chi connectivity index (χ2n) is 5.58. The molecule has 0 aliphatic carbocycles. The van der Waals surface area contributed by atoms with Gasteiger partial charge in [0.1, 0.15) is 5.75 Å². The van der Waals surface area contributed by atoms with Crippen molar-refractivity contribution in [2.75, 3.05) is 19.7 Å². The summed E-state index contributed by atoms with van der Waals surface area (Å²) in [6.45, 7) is 10.6. The SMILES string of the molecule is CCOc1ccc(C(C)(O)CCNCC(C)C)cc1. The average molecular weight is 265 g/mol. The summed E-state index contributed by atoms with van der Waals surface area (Å²) in [7, 11) is 0. The molecule has 0 aromatic heterocycles. The lowest BCUT2D eigenvalue weighted by Gasteiger charge is -2.24. The van der Waals surface area contributed by atoms with E-state index in [-0.39, 0.29) is 0 Å². The molecule has 0 heterocycles. The van der Waals surface area contributed by atoms with Crippen LogP contribution in [0.3, 0.4) is 0 Å². The van der Waals surface area contributed by atoms with Crippen LogP contribution in [0, 0.1) is 5.92 Å². The predicted molar refractivity (Wildman–Crippen MR) is 79.5 cm³/mol. The van der Waals surface area contributed by atoms with E-state index in [0.29, 0.717) is 18.9 Å². The first kappa shape index (κ1) is 16.0. The second kappa shape index (κ2) is 7.51. The highest BCUT2D eigenvalue weighted by molar-refractivity contribution is 5.30. The summed E-state index contributed by atoms with van der Waals surface area (Å²) in [5.41, 5.74) is 0.136. The molecular formula is C16H27NO2. The summed E-state index contributed by atoms with van der Waals surface area (Å²) in [5.74, 6) is 1.48. The van der Waals surface area contributed by atoms with Crippen LogP contribution in [-0.2, 0) is 5.60 Å². The Kier molecular flexibility index (Phi) is 6.32. The molecule has 3 heteroatoms. The van der Waals surface area contributed by atoms with Gasteiger partial charge < -0.3 is 15.2 Å². The molecule has 1 atom stereocenters. The smallest absolute Gasteiger partial charge is 0.119 e. The summed E-state index contributed by atoms with van der Waals surface area (Å²) in [4.78, 5) is 0. The Hall–Kier alpha value is -1.06. The van der Waals surface area contributed by atoms with Crippen LogP contribution in [0.15, 0.2) is 24.3 Å². The van der Waals surface area contributed by atoms with E-state index in [1.165, 1.54) is 0 Å². The van der Waals surface area contributed by atoms with Crippen LogP contribution >= 0.6 is 0 Å². The summed E-state index contributed by atoms with van der Waals surface area (Å²) < 4.78 is 5.40. The molecular weight excluding hydrogens is 238 g/mol. The molecule has 1 unspecified atom stereocenters. The average Bonchev–Trinajstić information content (AvgIpc) is 2.36. The first-order valence-electron chi connectivity index (χ1n) is 7.12. The van der Waals surface area contributed by atoms with Crippen molar-refractivity contribution in [2.24, 2.45) is 5.92 Å². The molecule has 0 bridgehead atoms. The van der Waals surface area contributed by atoms with E-state index in [2.05, 4.69) is 19.2 Å². The normalized spacial score (nSPS) is 14.4. The van der Waals surface area contributed by atoms with Gasteiger partial charge in [0.2, 0.25) is 0 Å². The largest absolute Gasteiger partial charge is 0.494 e. The molecule has 19 heavy (non-hydrogen) atoms. The predicted octanol–water partition coefficient (Wildman–Crippen LogP) is 2.93. The number of benzene rings is 1. The molecule has 0 aliphatic heterocycles. The molecule has 0 fully saturated rings. The van der Waals surface area contributed by atoms with Gasteiger partial charge in [0.25, 0.3) is 0 Å². The summed E-state index contributed by atoms with van der Waals surface area (Å²) in [6, 6.07) is 7.70. The third-order valence-electron chi connectivity index (χ3n) is 3.13. The van der Waals surface area contributed by atoms with Crippen LogP contribution in [0.1, 0.15) is 39.7 Å². The van der Waals surface area contributed by atoms with Crippen molar-refractivity contribution in [1.82, 2.24) is 5.32 Å². The fourth-order valence-electron chi connectivity index (χ4n) is 1.94. The van der Waals surface area contributed by atoms with Gasteiger partial charge in [-0.15, -0.1) is 0 Å². The first-order chi connectivity index (χ1) is 8.95. The minimum Gasteiger partial charge on any atom is -0.494 e. The Bertz CT molecular complexity index is 358. The second-order valence-corrected chi connectivity index (χ2v) is 5.58. The molecule has 1 aromatic rings. The molecule has 108 valence electrons. The maximum Gasteiger partial charge on any atom is 0.119 e. The Morgan fingerprint density at radius 2 is 1.89 bits per heavy atom. The summed E-state index contributed by atoms with van der Waals surface area (Å²) in [5, 5.41) is 13.8. The molecule has 1 aromatic carbocycles. The molecule has 3 nitrogen and oxygen atoms in total. The summed E-state index contributed by atoms with van der Waals surface area (Å²) in [6.07, 6.45) is 0.702. The zero-order valence-corrected chi connectivity index (χ0v) is 12.6. The Balaban J connectivity index is 2.51. The zero-order chi connectivity index (χ0) is 14.3. The van der Waals surface area contributed by atoms with Gasteiger partial charge in [-0.1, -0.05) is 26.0 Å². The number of ether oxygens (including phenoxy) is 1. The number of rotatable bonds is 8. The molecule has 0 saturated carbocycles. The number of nitrogens with one attached hydrogen (secondary N) is 1. The van der Waals surface area contributed by atoms with E-state index in [0.717, 1.165) is 24.4 Å². The standard InChI is InChI=1S/C16H27NO2/c1-5-19-15-8-6-14(7-9-15)16(4,18)10-11-17-12-13(2)3/h6-9,13,17-18H,5,10-12H2,1-4H3. The van der Waals surface area contributed by atoms with Gasteiger partial charge in [0, 0.05) is 0 Å². The maximum absolute atomic E-state index is 10.5. The van der Waals surface area contributed by atoms with Crippen molar-refractivity contribution in [2.45, 2.75) is 39.7 Å². The van der Waals surface area contributed by atoms with E-state index in [1.54, 1.807) is 0 Å². The lowest BCUT2D eigenvalue weighted by molar-refractivity contribution is 0.0478. The quantitative estimate of drug-likeness (QED) is 0.710. The van der Waals surface area contributed by atoms with Crippen LogP contribution < -0.4 is 10.1 Å². The van der Waals surface area contributed by atoms with Gasteiger partial charge in [0.05, 0.1) is 12.2 Å². The number of aliphatic hydroxyl groups is 1. The Labute approximate surface area is 117 Å². The Morgan fingerprint density at radius 3 is 2.42 bits per heavy atom. The number of hydrogen-bond acceptors (Lipinski definition) is 3. The first-order valence-corrected chi connectivity index (χ1v) is 7.12. The molecule has 0 aliphatic rings. The van der Waals surface area contributed by atoms with Crippen molar-refractivity contribution in [1.29, 1.82) is 0 Å². The van der Waals surface area contributed by atoms with Crippen molar-refractivity contribution < 1.29 is 9.84 Å². The Morgan fingerprint density at radius 1 is 1.26 bits per heavy atom. The highest BCUT2D eigenvalue weighted by atomic mass is 16.5. The fourth-order valence-corrected chi connectivity index (χ4v) is 1.94. The van der Waals surface area contributed by atoms with Gasteiger partial charge in [-0.3, -0.25) is 0 Å². The molecule has 2 N–H and O–H groups in total. The van der Waals surface area contributed by atoms with Crippen LogP contribution in [0.25, 0.3) is 0 Å². The van der Waals surface area contributed by atoms with Crippen molar-refractivity contribution in [3.05, 3.63) is 29.8 Å².